The van der Waals surface area contributed by atoms with E-state index < -0.39 is 71.0 Å². The maximum absolute atomic E-state index is 14.8. The minimum Gasteiger partial charge on any atom is -0.429 e. The lowest BCUT2D eigenvalue weighted by molar-refractivity contribution is -0.275. The summed E-state index contributed by atoms with van der Waals surface area (Å²) in [6, 6.07) is 6.98. The number of hydrogen-bond acceptors (Lipinski definition) is 2. The Kier molecular flexibility index (Phi) is 7.42. The highest BCUT2D eigenvalue weighted by Gasteiger charge is 2.42. The van der Waals surface area contributed by atoms with Crippen LogP contribution in [0.3, 0.4) is 0 Å². The van der Waals surface area contributed by atoms with Gasteiger partial charge in [-0.1, -0.05) is 18.2 Å². The molecule has 2 nitrogen and oxygen atoms in total. The van der Waals surface area contributed by atoms with Crippen molar-refractivity contribution in [3.63, 3.8) is 0 Å². The van der Waals surface area contributed by atoms with Crippen molar-refractivity contribution in [1.29, 1.82) is 0 Å². The highest BCUT2D eigenvalue weighted by molar-refractivity contribution is 5.65. The highest BCUT2D eigenvalue weighted by Crippen LogP contribution is 2.41. The van der Waals surface area contributed by atoms with Crippen LogP contribution >= 0.6 is 0 Å². The fourth-order valence-corrected chi connectivity index (χ4v) is 4.01. The number of rotatable bonds is 6. The first-order valence-corrected chi connectivity index (χ1v) is 11.1. The number of alkyl halides is 5. The topological polar surface area (TPSA) is 18.5 Å². The molecular formula is C27H16F10O2. The van der Waals surface area contributed by atoms with E-state index >= 15 is 0 Å². The van der Waals surface area contributed by atoms with Gasteiger partial charge in [0.2, 0.25) is 0 Å². The van der Waals surface area contributed by atoms with Crippen molar-refractivity contribution in [3.05, 3.63) is 112 Å². The average molecular weight is 562 g/mol. The van der Waals surface area contributed by atoms with Gasteiger partial charge < -0.3 is 9.47 Å². The Hall–Kier alpha value is -3.96. The van der Waals surface area contributed by atoms with E-state index in [0.29, 0.717) is 35.9 Å². The minimum absolute atomic E-state index is 0.131. The summed E-state index contributed by atoms with van der Waals surface area (Å²) in [5.41, 5.74) is -1.97. The van der Waals surface area contributed by atoms with E-state index in [0.717, 1.165) is 18.2 Å². The zero-order chi connectivity index (χ0) is 28.7. The zero-order valence-corrected chi connectivity index (χ0v) is 19.7. The fourth-order valence-electron chi connectivity index (χ4n) is 4.01. The van der Waals surface area contributed by atoms with Crippen LogP contribution in [0.25, 0.3) is 11.1 Å². The molecule has 0 saturated heterocycles. The molecule has 3 aromatic carbocycles. The third kappa shape index (κ3) is 6.21. The Balaban J connectivity index is 1.54. The lowest BCUT2D eigenvalue weighted by Gasteiger charge is -2.24. The second-order valence-corrected chi connectivity index (χ2v) is 8.58. The highest BCUT2D eigenvalue weighted by atomic mass is 19.4. The summed E-state index contributed by atoms with van der Waals surface area (Å²) in [5, 5.41) is 0. The molecule has 12 heteroatoms. The molecule has 0 spiro atoms. The molecule has 0 aromatic heterocycles. The van der Waals surface area contributed by atoms with Crippen LogP contribution in [0.1, 0.15) is 29.0 Å². The molecule has 206 valence electrons. The van der Waals surface area contributed by atoms with Crippen molar-refractivity contribution >= 4 is 0 Å². The third-order valence-corrected chi connectivity index (χ3v) is 5.77. The normalized spacial score (nSPS) is 16.0. The molecule has 0 bridgehead atoms. The molecule has 0 saturated carbocycles. The Morgan fingerprint density at radius 1 is 0.744 bits per heavy atom. The van der Waals surface area contributed by atoms with Gasteiger partial charge in [0.05, 0.1) is 0 Å². The summed E-state index contributed by atoms with van der Waals surface area (Å²) in [7, 11) is 0. The van der Waals surface area contributed by atoms with Crippen LogP contribution in [0, 0.1) is 30.2 Å². The van der Waals surface area contributed by atoms with E-state index in [2.05, 4.69) is 9.47 Å². The van der Waals surface area contributed by atoms with Gasteiger partial charge in [0.25, 0.3) is 0 Å². The molecule has 0 aliphatic heterocycles. The Labute approximate surface area is 214 Å². The first-order chi connectivity index (χ1) is 18.1. The molecule has 1 aliphatic rings. The van der Waals surface area contributed by atoms with Crippen molar-refractivity contribution in [1.82, 2.24) is 0 Å². The number of aryl methyl sites for hydroxylation is 1. The maximum atomic E-state index is 14.8. The summed E-state index contributed by atoms with van der Waals surface area (Å²) < 4.78 is 147. The van der Waals surface area contributed by atoms with E-state index in [1.807, 2.05) is 0 Å². The van der Waals surface area contributed by atoms with Crippen LogP contribution in [0.4, 0.5) is 43.9 Å². The van der Waals surface area contributed by atoms with Crippen LogP contribution in [-0.4, -0.2) is 6.36 Å². The van der Waals surface area contributed by atoms with E-state index in [-0.39, 0.29) is 16.7 Å². The van der Waals surface area contributed by atoms with Crippen molar-refractivity contribution in [2.45, 2.75) is 31.7 Å². The van der Waals surface area contributed by atoms with Crippen LogP contribution in [-0.2, 0) is 10.8 Å². The largest absolute Gasteiger partial charge is 0.573 e. The zero-order valence-electron chi connectivity index (χ0n) is 19.7. The van der Waals surface area contributed by atoms with Gasteiger partial charge in [0.1, 0.15) is 34.6 Å². The molecule has 0 fully saturated rings. The van der Waals surface area contributed by atoms with Gasteiger partial charge in [-0.05, 0) is 66.4 Å². The molecule has 0 heterocycles. The Bertz CT molecular complexity index is 1450. The molecule has 1 unspecified atom stereocenters. The fraction of sp³-hybridized carbons (Fsp3) is 0.185. The summed E-state index contributed by atoms with van der Waals surface area (Å²) in [4.78, 5) is 0. The van der Waals surface area contributed by atoms with Crippen LogP contribution in [0.5, 0.6) is 5.75 Å². The van der Waals surface area contributed by atoms with Gasteiger partial charge in [-0.15, -0.1) is 13.2 Å². The average Bonchev–Trinajstić information content (AvgIpc) is 2.79. The predicted molar refractivity (Wildman–Crippen MR) is 119 cm³/mol. The predicted octanol–water partition coefficient (Wildman–Crippen LogP) is 9.11. The van der Waals surface area contributed by atoms with E-state index in [1.54, 1.807) is 6.92 Å². The maximum Gasteiger partial charge on any atom is 0.573 e. The van der Waals surface area contributed by atoms with Gasteiger partial charge in [0, 0.05) is 17.6 Å². The van der Waals surface area contributed by atoms with Gasteiger partial charge >= 0.3 is 12.5 Å². The van der Waals surface area contributed by atoms with Crippen molar-refractivity contribution in [3.8, 4) is 16.9 Å². The second kappa shape index (κ2) is 10.3. The standard InChI is InChI=1S/C27H16F10O2/c1-13-2-5-18(19(28)8-13)15-10-22(31)25(23(32)11-15)26(33,34)38-16-4-6-17(20(29)12-16)14-3-7-24(21(30)9-14)39-27(35,36)37/h2-5,7-12,17H,6H2,1H3. The van der Waals surface area contributed by atoms with E-state index in [1.165, 1.54) is 12.1 Å². The van der Waals surface area contributed by atoms with Crippen molar-refractivity contribution in [2.24, 2.45) is 0 Å². The summed E-state index contributed by atoms with van der Waals surface area (Å²) in [5.74, 6) is -10.1. The van der Waals surface area contributed by atoms with Gasteiger partial charge in [-0.2, -0.15) is 8.78 Å². The first-order valence-electron chi connectivity index (χ1n) is 11.1. The first kappa shape index (κ1) is 28.1. The van der Waals surface area contributed by atoms with Crippen LogP contribution in [0.15, 0.2) is 72.3 Å². The Morgan fingerprint density at radius 3 is 1.97 bits per heavy atom. The summed E-state index contributed by atoms with van der Waals surface area (Å²) in [6.45, 7) is 1.58. The molecule has 0 N–H and O–H groups in total. The van der Waals surface area contributed by atoms with E-state index in [9.17, 15) is 43.9 Å². The van der Waals surface area contributed by atoms with Gasteiger partial charge in [-0.25, -0.2) is 22.0 Å². The van der Waals surface area contributed by atoms with Crippen LogP contribution in [0.2, 0.25) is 0 Å². The molecule has 1 aliphatic carbocycles. The molecular weight excluding hydrogens is 546 g/mol. The monoisotopic (exact) mass is 562 g/mol. The van der Waals surface area contributed by atoms with Gasteiger partial charge in [0.15, 0.2) is 11.6 Å². The van der Waals surface area contributed by atoms with Crippen molar-refractivity contribution < 1.29 is 53.4 Å². The number of allylic oxidation sites excluding steroid dienone is 3. The van der Waals surface area contributed by atoms with Gasteiger partial charge in [-0.3, -0.25) is 0 Å². The smallest absolute Gasteiger partial charge is 0.429 e. The molecule has 4 rings (SSSR count). The van der Waals surface area contributed by atoms with Crippen molar-refractivity contribution in [2.75, 3.05) is 0 Å². The molecule has 1 atom stereocenters. The molecule has 39 heavy (non-hydrogen) atoms. The third-order valence-electron chi connectivity index (χ3n) is 5.77. The molecule has 0 radical (unpaired) electrons. The molecule has 0 amide bonds. The summed E-state index contributed by atoms with van der Waals surface area (Å²) >= 11 is 0. The second-order valence-electron chi connectivity index (χ2n) is 8.58. The quantitative estimate of drug-likeness (QED) is 0.279. The number of benzene rings is 3. The number of halogens is 10. The molecule has 3 aromatic rings. The summed E-state index contributed by atoms with van der Waals surface area (Å²) in [6.07, 6.45) is -8.77. The minimum atomic E-state index is -5.16. The Morgan fingerprint density at radius 2 is 1.41 bits per heavy atom. The lowest BCUT2D eigenvalue weighted by atomic mass is 9.90. The van der Waals surface area contributed by atoms with E-state index in [4.69, 9.17) is 0 Å². The lowest BCUT2D eigenvalue weighted by Crippen LogP contribution is -2.22. The SMILES string of the molecule is Cc1ccc(-c2cc(F)c(C(F)(F)OC3=CCC(c4ccc(OC(F)(F)F)c(F)c4)C(F)=C3)c(F)c2)c(F)c1. The number of ether oxygens (including phenoxy) is 2. The number of hydrogen-bond donors (Lipinski definition) is 0. The van der Waals surface area contributed by atoms with Crippen LogP contribution < -0.4 is 4.74 Å².